The average Bonchev–Trinajstić information content (AvgIpc) is 3.12. The molecule has 1 fully saturated rings. The van der Waals surface area contributed by atoms with Crippen LogP contribution in [0.4, 0.5) is 41.3 Å². The number of carbonyl (C=O) groups excluding carboxylic acids is 1. The number of carbonyl (C=O) groups is 1. The van der Waals surface area contributed by atoms with Crippen LogP contribution in [0.15, 0.2) is 36.4 Å². The van der Waals surface area contributed by atoms with Crippen molar-refractivity contribution in [3.8, 4) is 0 Å². The lowest BCUT2D eigenvalue weighted by atomic mass is 9.73. The first-order valence-corrected chi connectivity index (χ1v) is 9.38. The molecule has 33 heavy (non-hydrogen) atoms. The van der Waals surface area contributed by atoms with Gasteiger partial charge >= 0.3 is 18.4 Å². The predicted octanol–water partition coefficient (Wildman–Crippen LogP) is 3.65. The number of fused-ring (bicyclic) bond motifs is 1. The lowest BCUT2D eigenvalue weighted by Crippen LogP contribution is -2.65. The molecule has 7 nitrogen and oxygen atoms in total. The summed E-state index contributed by atoms with van der Waals surface area (Å²) in [5.74, 6) is -0.906. The Morgan fingerprint density at radius 3 is 2.18 bits per heavy atom. The minimum absolute atomic E-state index is 0.0637. The molecule has 4 rings (SSSR count). The quantitative estimate of drug-likeness (QED) is 0.563. The van der Waals surface area contributed by atoms with Crippen molar-refractivity contribution in [2.45, 2.75) is 17.8 Å². The maximum Gasteiger partial charge on any atom is 0.435 e. The molecule has 0 radical (unpaired) electrons. The summed E-state index contributed by atoms with van der Waals surface area (Å²) in [5, 5.41) is 6.05. The highest BCUT2D eigenvalue weighted by Gasteiger charge is 2.46. The van der Waals surface area contributed by atoms with Crippen molar-refractivity contribution in [1.82, 2.24) is 19.5 Å². The number of nitrogens with zero attached hydrogens (tertiary/aromatic N) is 4. The number of amides is 2. The van der Waals surface area contributed by atoms with Crippen LogP contribution in [0.25, 0.3) is 5.65 Å². The fourth-order valence-electron chi connectivity index (χ4n) is 3.68. The van der Waals surface area contributed by atoms with E-state index in [9.17, 15) is 35.5 Å². The standard InChI is InChI=1S/C19H15F7N6O/c20-11-3-1-10(2-4-11)17(8-31(9-17)16(27)33)7-28-14-5-12(18(21,22)23)29-15-6-13(19(24,25)26)30-32(14)15/h1-6,28H,7-9H2,(H2,27,33). The lowest BCUT2D eigenvalue weighted by molar-refractivity contribution is -0.142. The first-order chi connectivity index (χ1) is 15.3. The van der Waals surface area contributed by atoms with E-state index in [1.165, 1.54) is 29.2 Å². The third-order valence-electron chi connectivity index (χ3n) is 5.37. The van der Waals surface area contributed by atoms with E-state index >= 15 is 0 Å². The van der Waals surface area contributed by atoms with Crippen LogP contribution in [0.1, 0.15) is 17.0 Å². The molecule has 1 aromatic carbocycles. The topological polar surface area (TPSA) is 88.5 Å². The van der Waals surface area contributed by atoms with Crippen molar-refractivity contribution in [2.24, 2.45) is 5.73 Å². The molecule has 0 aliphatic carbocycles. The molecule has 0 spiro atoms. The van der Waals surface area contributed by atoms with Crippen molar-refractivity contribution in [3.63, 3.8) is 0 Å². The van der Waals surface area contributed by atoms with Gasteiger partial charge in [-0.2, -0.15) is 36.0 Å². The van der Waals surface area contributed by atoms with Crippen LogP contribution in [0.5, 0.6) is 0 Å². The zero-order valence-corrected chi connectivity index (χ0v) is 16.5. The Morgan fingerprint density at radius 2 is 1.64 bits per heavy atom. The summed E-state index contributed by atoms with van der Waals surface area (Å²) in [6.45, 7) is 0.0164. The molecular weight excluding hydrogens is 461 g/mol. The summed E-state index contributed by atoms with van der Waals surface area (Å²) in [6, 6.07) is 5.50. The Morgan fingerprint density at radius 1 is 1.03 bits per heavy atom. The number of urea groups is 1. The number of aromatic nitrogens is 3. The van der Waals surface area contributed by atoms with Gasteiger partial charge < -0.3 is 16.0 Å². The molecule has 0 atom stereocenters. The summed E-state index contributed by atoms with van der Waals surface area (Å²) in [6.07, 6.45) is -9.82. The van der Waals surface area contributed by atoms with Crippen LogP contribution in [0.2, 0.25) is 0 Å². The lowest BCUT2D eigenvalue weighted by Gasteiger charge is -2.50. The van der Waals surface area contributed by atoms with Gasteiger partial charge in [-0.1, -0.05) is 12.1 Å². The Labute approximate surface area is 181 Å². The largest absolute Gasteiger partial charge is 0.435 e. The minimum atomic E-state index is -4.92. The van der Waals surface area contributed by atoms with Gasteiger partial charge in [-0.25, -0.2) is 14.2 Å². The SMILES string of the molecule is NC(=O)N1CC(CNc2cc(C(F)(F)F)nc3cc(C(F)(F)F)nn23)(c2ccc(F)cc2)C1. The van der Waals surface area contributed by atoms with Crippen LogP contribution in [-0.2, 0) is 17.8 Å². The highest BCUT2D eigenvalue weighted by Crippen LogP contribution is 2.37. The third-order valence-corrected chi connectivity index (χ3v) is 5.37. The second-order valence-electron chi connectivity index (χ2n) is 7.66. The second-order valence-corrected chi connectivity index (χ2v) is 7.66. The van der Waals surface area contributed by atoms with Crippen molar-refractivity contribution >= 4 is 17.5 Å². The Kier molecular flexibility index (Phi) is 5.13. The molecule has 176 valence electrons. The molecule has 2 aromatic heterocycles. The molecule has 3 heterocycles. The maximum atomic E-state index is 13.4. The van der Waals surface area contributed by atoms with Crippen LogP contribution in [-0.4, -0.2) is 45.2 Å². The van der Waals surface area contributed by atoms with E-state index in [1.54, 1.807) is 0 Å². The summed E-state index contributed by atoms with van der Waals surface area (Å²) < 4.78 is 93.1. The zero-order chi connectivity index (χ0) is 24.2. The van der Waals surface area contributed by atoms with E-state index in [0.717, 1.165) is 0 Å². The zero-order valence-electron chi connectivity index (χ0n) is 16.5. The van der Waals surface area contributed by atoms with Gasteiger partial charge in [0.2, 0.25) is 0 Å². The van der Waals surface area contributed by atoms with E-state index in [2.05, 4.69) is 15.4 Å². The molecule has 1 aliphatic rings. The van der Waals surface area contributed by atoms with Gasteiger partial charge in [0.25, 0.3) is 0 Å². The van der Waals surface area contributed by atoms with E-state index < -0.39 is 46.7 Å². The van der Waals surface area contributed by atoms with Crippen LogP contribution in [0.3, 0.4) is 0 Å². The van der Waals surface area contributed by atoms with Crippen LogP contribution in [0, 0.1) is 5.82 Å². The molecule has 14 heteroatoms. The number of alkyl halides is 6. The van der Waals surface area contributed by atoms with Gasteiger partial charge in [0.05, 0.1) is 0 Å². The highest BCUT2D eigenvalue weighted by molar-refractivity contribution is 5.74. The number of anilines is 1. The second kappa shape index (κ2) is 7.49. The van der Waals surface area contributed by atoms with Crippen molar-refractivity contribution in [1.29, 1.82) is 0 Å². The smallest absolute Gasteiger partial charge is 0.369 e. The molecule has 1 aliphatic heterocycles. The molecule has 3 N–H and O–H groups in total. The third kappa shape index (κ3) is 4.24. The van der Waals surface area contributed by atoms with E-state index in [4.69, 9.17) is 5.73 Å². The number of likely N-dealkylation sites (tertiary alicyclic amines) is 1. The number of rotatable bonds is 4. The average molecular weight is 476 g/mol. The van der Waals surface area contributed by atoms with Crippen molar-refractivity contribution < 1.29 is 35.5 Å². The van der Waals surface area contributed by atoms with Gasteiger partial charge in [0.15, 0.2) is 17.0 Å². The number of halogens is 7. The van der Waals surface area contributed by atoms with Gasteiger partial charge in [0, 0.05) is 37.2 Å². The predicted molar refractivity (Wildman–Crippen MR) is 101 cm³/mol. The molecule has 0 unspecified atom stereocenters. The summed E-state index contributed by atoms with van der Waals surface area (Å²) in [4.78, 5) is 16.0. The number of nitrogens with one attached hydrogen (secondary N) is 1. The van der Waals surface area contributed by atoms with Gasteiger partial charge in [-0.15, -0.1) is 0 Å². The van der Waals surface area contributed by atoms with E-state index in [-0.39, 0.29) is 25.5 Å². The minimum Gasteiger partial charge on any atom is -0.369 e. The van der Waals surface area contributed by atoms with Gasteiger partial charge in [0.1, 0.15) is 11.6 Å². The molecule has 2 amide bonds. The van der Waals surface area contributed by atoms with Gasteiger partial charge in [-0.05, 0) is 17.7 Å². The van der Waals surface area contributed by atoms with Gasteiger partial charge in [-0.3, -0.25) is 0 Å². The number of hydrogen-bond acceptors (Lipinski definition) is 4. The van der Waals surface area contributed by atoms with E-state index in [0.29, 0.717) is 22.2 Å². The fourth-order valence-corrected chi connectivity index (χ4v) is 3.68. The van der Waals surface area contributed by atoms with Crippen LogP contribution >= 0.6 is 0 Å². The number of hydrogen-bond donors (Lipinski definition) is 2. The van der Waals surface area contributed by atoms with E-state index in [1.807, 2.05) is 0 Å². The van der Waals surface area contributed by atoms with Crippen LogP contribution < -0.4 is 11.1 Å². The molecule has 0 saturated carbocycles. The normalized spacial score (nSPS) is 16.0. The summed E-state index contributed by atoms with van der Waals surface area (Å²) >= 11 is 0. The monoisotopic (exact) mass is 476 g/mol. The number of primary amides is 1. The summed E-state index contributed by atoms with van der Waals surface area (Å²) in [7, 11) is 0. The highest BCUT2D eigenvalue weighted by atomic mass is 19.4. The molecule has 0 bridgehead atoms. The maximum absolute atomic E-state index is 13.4. The number of benzene rings is 1. The first kappa shape index (κ1) is 22.6. The fraction of sp³-hybridized carbons (Fsp3) is 0.316. The molecular formula is C19H15F7N6O. The molecule has 3 aromatic rings. The Bertz CT molecular complexity index is 1200. The Hall–Kier alpha value is -3.58. The van der Waals surface area contributed by atoms with Crippen molar-refractivity contribution in [3.05, 3.63) is 59.2 Å². The van der Waals surface area contributed by atoms with Crippen molar-refractivity contribution in [2.75, 3.05) is 25.0 Å². The number of nitrogens with two attached hydrogens (primary N) is 1. The summed E-state index contributed by atoms with van der Waals surface area (Å²) in [5.41, 5.74) is 1.48. The Balaban J connectivity index is 1.72. The molecule has 1 saturated heterocycles. The first-order valence-electron chi connectivity index (χ1n) is 9.38.